The Hall–Kier alpha value is -0.830. The summed E-state index contributed by atoms with van der Waals surface area (Å²) in [6.45, 7) is 0. The van der Waals surface area contributed by atoms with Crippen LogP contribution in [0.4, 0.5) is 0 Å². The van der Waals surface area contributed by atoms with Crippen molar-refractivity contribution < 1.29 is 4.42 Å². The van der Waals surface area contributed by atoms with Crippen molar-refractivity contribution in [3.63, 3.8) is 0 Å². The van der Waals surface area contributed by atoms with Crippen LogP contribution >= 0.6 is 15.9 Å². The molecule has 16 heavy (non-hydrogen) atoms. The van der Waals surface area contributed by atoms with Crippen LogP contribution in [-0.2, 0) is 0 Å². The zero-order valence-electron chi connectivity index (χ0n) is 9.08. The molecule has 1 aliphatic carbocycles. The van der Waals surface area contributed by atoms with Crippen LogP contribution in [0.15, 0.2) is 27.1 Å². The summed E-state index contributed by atoms with van der Waals surface area (Å²) in [6, 6.07) is 6.00. The van der Waals surface area contributed by atoms with Crippen LogP contribution in [0.2, 0.25) is 0 Å². The van der Waals surface area contributed by atoms with E-state index in [1.165, 1.54) is 32.1 Å². The first-order chi connectivity index (χ1) is 7.83. The normalized spacial score (nSPS) is 18.1. The Bertz CT molecular complexity index is 500. The van der Waals surface area contributed by atoms with E-state index in [2.05, 4.69) is 20.9 Å². The molecule has 0 N–H and O–H groups in total. The van der Waals surface area contributed by atoms with Gasteiger partial charge in [-0.1, -0.05) is 35.2 Å². The molecule has 0 unspecified atom stereocenters. The van der Waals surface area contributed by atoms with Gasteiger partial charge in [0.2, 0.25) is 0 Å². The first-order valence-corrected chi connectivity index (χ1v) is 6.68. The summed E-state index contributed by atoms with van der Waals surface area (Å²) in [6.07, 6.45) is 6.45. The summed E-state index contributed by atoms with van der Waals surface area (Å²) >= 11 is 3.46. The molecule has 1 aromatic carbocycles. The number of hydrogen-bond acceptors (Lipinski definition) is 2. The monoisotopic (exact) mass is 279 g/mol. The molecule has 1 fully saturated rings. The average Bonchev–Trinajstić information content (AvgIpc) is 2.73. The van der Waals surface area contributed by atoms with Crippen LogP contribution in [0, 0.1) is 0 Å². The number of halogens is 1. The molecule has 1 aliphatic rings. The van der Waals surface area contributed by atoms with E-state index < -0.39 is 0 Å². The molecule has 1 heterocycles. The van der Waals surface area contributed by atoms with E-state index >= 15 is 0 Å². The quantitative estimate of drug-likeness (QED) is 0.760. The molecule has 0 aliphatic heterocycles. The zero-order chi connectivity index (χ0) is 11.0. The topological polar surface area (TPSA) is 26.0 Å². The fraction of sp³-hybridized carbons (Fsp3) is 0.462. The molecule has 1 saturated carbocycles. The van der Waals surface area contributed by atoms with Crippen LogP contribution in [0.1, 0.15) is 43.9 Å². The molecule has 0 bridgehead atoms. The van der Waals surface area contributed by atoms with Gasteiger partial charge in [0.1, 0.15) is 5.52 Å². The van der Waals surface area contributed by atoms with Gasteiger partial charge in [-0.3, -0.25) is 0 Å². The second-order valence-electron chi connectivity index (χ2n) is 4.50. The van der Waals surface area contributed by atoms with Gasteiger partial charge in [0.05, 0.1) is 0 Å². The summed E-state index contributed by atoms with van der Waals surface area (Å²) in [5.41, 5.74) is 1.87. The molecule has 2 aromatic rings. The maximum atomic E-state index is 5.83. The van der Waals surface area contributed by atoms with Crippen LogP contribution in [0.5, 0.6) is 0 Å². The third kappa shape index (κ3) is 1.88. The molecule has 0 amide bonds. The lowest BCUT2D eigenvalue weighted by molar-refractivity contribution is 0.373. The zero-order valence-corrected chi connectivity index (χ0v) is 10.7. The van der Waals surface area contributed by atoms with Gasteiger partial charge in [-0.15, -0.1) is 0 Å². The summed E-state index contributed by atoms with van der Waals surface area (Å²) in [5.74, 6) is 1.48. The predicted octanol–water partition coefficient (Wildman–Crippen LogP) is 4.64. The van der Waals surface area contributed by atoms with Crippen molar-refractivity contribution in [1.29, 1.82) is 0 Å². The number of nitrogens with zero attached hydrogens (tertiary/aromatic N) is 1. The molecule has 3 rings (SSSR count). The highest BCUT2D eigenvalue weighted by atomic mass is 79.9. The van der Waals surface area contributed by atoms with Crippen molar-refractivity contribution >= 4 is 27.0 Å². The van der Waals surface area contributed by atoms with Gasteiger partial charge >= 0.3 is 0 Å². The predicted molar refractivity (Wildman–Crippen MR) is 67.5 cm³/mol. The molecule has 1 aromatic heterocycles. The van der Waals surface area contributed by atoms with Gasteiger partial charge < -0.3 is 4.42 Å². The molecule has 0 spiro atoms. The van der Waals surface area contributed by atoms with Gasteiger partial charge in [-0.25, -0.2) is 4.98 Å². The van der Waals surface area contributed by atoms with E-state index in [4.69, 9.17) is 4.42 Å². The minimum absolute atomic E-state index is 0.542. The van der Waals surface area contributed by atoms with E-state index in [0.717, 1.165) is 21.5 Å². The second kappa shape index (κ2) is 4.21. The molecule has 0 saturated heterocycles. The lowest BCUT2D eigenvalue weighted by Crippen LogP contribution is -2.04. The summed E-state index contributed by atoms with van der Waals surface area (Å²) in [5, 5.41) is 0. The standard InChI is InChI=1S/C13H14BrNO/c14-10-6-7-12-11(8-10)15-13(16-12)9-4-2-1-3-5-9/h6-9H,1-5H2. The molecular formula is C13H14BrNO. The first-order valence-electron chi connectivity index (χ1n) is 5.89. The molecule has 0 radical (unpaired) electrons. The Kier molecular flexibility index (Phi) is 2.72. The minimum atomic E-state index is 0.542. The number of benzene rings is 1. The Morgan fingerprint density at radius 2 is 2.00 bits per heavy atom. The third-order valence-corrected chi connectivity index (χ3v) is 3.81. The van der Waals surface area contributed by atoms with Crippen LogP contribution in [0.3, 0.4) is 0 Å². The SMILES string of the molecule is Brc1ccc2oc(C3CCCCC3)nc2c1. The van der Waals surface area contributed by atoms with Gasteiger partial charge in [-0.2, -0.15) is 0 Å². The van der Waals surface area contributed by atoms with E-state index in [0.29, 0.717) is 5.92 Å². The van der Waals surface area contributed by atoms with Gasteiger partial charge in [0.15, 0.2) is 11.5 Å². The molecule has 2 nitrogen and oxygen atoms in total. The Labute approximate surface area is 103 Å². The smallest absolute Gasteiger partial charge is 0.198 e. The highest BCUT2D eigenvalue weighted by molar-refractivity contribution is 9.10. The van der Waals surface area contributed by atoms with Crippen LogP contribution < -0.4 is 0 Å². The lowest BCUT2D eigenvalue weighted by Gasteiger charge is -2.17. The number of oxazole rings is 1. The number of fused-ring (bicyclic) bond motifs is 1. The van der Waals surface area contributed by atoms with Crippen LogP contribution in [-0.4, -0.2) is 4.98 Å². The van der Waals surface area contributed by atoms with Crippen molar-refractivity contribution in [3.8, 4) is 0 Å². The van der Waals surface area contributed by atoms with E-state index in [-0.39, 0.29) is 0 Å². The van der Waals surface area contributed by atoms with Crippen molar-refractivity contribution in [1.82, 2.24) is 4.98 Å². The Morgan fingerprint density at radius 1 is 1.19 bits per heavy atom. The number of rotatable bonds is 1. The van der Waals surface area contributed by atoms with Crippen molar-refractivity contribution in [2.45, 2.75) is 38.0 Å². The Morgan fingerprint density at radius 3 is 2.81 bits per heavy atom. The van der Waals surface area contributed by atoms with E-state index in [1.54, 1.807) is 0 Å². The van der Waals surface area contributed by atoms with Gasteiger partial charge in [0.25, 0.3) is 0 Å². The highest BCUT2D eigenvalue weighted by Crippen LogP contribution is 2.34. The maximum Gasteiger partial charge on any atom is 0.198 e. The fourth-order valence-corrected chi connectivity index (χ4v) is 2.79. The third-order valence-electron chi connectivity index (χ3n) is 3.32. The van der Waals surface area contributed by atoms with Crippen molar-refractivity contribution in [2.24, 2.45) is 0 Å². The lowest BCUT2D eigenvalue weighted by atomic mass is 9.89. The van der Waals surface area contributed by atoms with Crippen LogP contribution in [0.25, 0.3) is 11.1 Å². The minimum Gasteiger partial charge on any atom is -0.440 e. The largest absolute Gasteiger partial charge is 0.440 e. The molecule has 0 atom stereocenters. The van der Waals surface area contributed by atoms with E-state index in [9.17, 15) is 0 Å². The van der Waals surface area contributed by atoms with Gasteiger partial charge in [-0.05, 0) is 31.0 Å². The van der Waals surface area contributed by atoms with Crippen molar-refractivity contribution in [2.75, 3.05) is 0 Å². The number of hydrogen-bond donors (Lipinski definition) is 0. The van der Waals surface area contributed by atoms with Crippen molar-refractivity contribution in [3.05, 3.63) is 28.6 Å². The fourth-order valence-electron chi connectivity index (χ4n) is 2.44. The molecular weight excluding hydrogens is 266 g/mol. The summed E-state index contributed by atoms with van der Waals surface area (Å²) < 4.78 is 6.89. The molecule has 84 valence electrons. The summed E-state index contributed by atoms with van der Waals surface area (Å²) in [7, 11) is 0. The summed E-state index contributed by atoms with van der Waals surface area (Å²) in [4.78, 5) is 4.60. The first kappa shape index (κ1) is 10.3. The second-order valence-corrected chi connectivity index (χ2v) is 5.41. The van der Waals surface area contributed by atoms with E-state index in [1.807, 2.05) is 18.2 Å². The Balaban J connectivity index is 1.97. The average molecular weight is 280 g/mol. The molecule has 3 heteroatoms. The number of aromatic nitrogens is 1. The highest BCUT2D eigenvalue weighted by Gasteiger charge is 2.20. The van der Waals surface area contributed by atoms with Gasteiger partial charge in [0, 0.05) is 10.4 Å². The maximum absolute atomic E-state index is 5.83.